The molecule has 1 atom stereocenters. The van der Waals surface area contributed by atoms with Gasteiger partial charge in [-0.2, -0.15) is 0 Å². The molecule has 1 N–H and O–H groups in total. The molecule has 1 unspecified atom stereocenters. The molecule has 0 aliphatic rings. The Morgan fingerprint density at radius 3 is 2.62 bits per heavy atom. The predicted octanol–water partition coefficient (Wildman–Crippen LogP) is 5.19. The van der Waals surface area contributed by atoms with Gasteiger partial charge in [-0.05, 0) is 37.7 Å². The van der Waals surface area contributed by atoms with Gasteiger partial charge in [-0.1, -0.05) is 35.0 Å². The van der Waals surface area contributed by atoms with Crippen LogP contribution in [-0.2, 0) is 0 Å². The molecule has 0 aliphatic heterocycles. The topological polar surface area (TPSA) is 21.3 Å². The van der Waals surface area contributed by atoms with E-state index in [-0.39, 0.29) is 17.5 Å². The van der Waals surface area contributed by atoms with Gasteiger partial charge in [-0.15, -0.1) is 0 Å². The van der Waals surface area contributed by atoms with Crippen LogP contribution in [0.1, 0.15) is 25.5 Å². The van der Waals surface area contributed by atoms with Crippen molar-refractivity contribution in [3.8, 4) is 11.5 Å². The third-order valence-corrected chi connectivity index (χ3v) is 3.57. The van der Waals surface area contributed by atoms with E-state index in [4.69, 9.17) is 4.74 Å². The highest BCUT2D eigenvalue weighted by atomic mass is 79.9. The minimum absolute atomic E-state index is 0.00625. The van der Waals surface area contributed by atoms with Crippen LogP contribution in [0.3, 0.4) is 0 Å². The minimum Gasteiger partial charge on any atom is -0.451 e. The normalized spacial score (nSPS) is 12.2. The first-order chi connectivity index (χ1) is 10.0. The number of rotatable bonds is 5. The first-order valence-electron chi connectivity index (χ1n) is 6.67. The average Bonchev–Trinajstić information content (AvgIpc) is 2.43. The van der Waals surface area contributed by atoms with Gasteiger partial charge >= 0.3 is 0 Å². The van der Waals surface area contributed by atoms with Gasteiger partial charge in [0.05, 0.1) is 0 Å². The van der Waals surface area contributed by atoms with Gasteiger partial charge in [0.25, 0.3) is 0 Å². The molecule has 0 radical (unpaired) electrons. The summed E-state index contributed by atoms with van der Waals surface area (Å²) in [5, 5.41) is 3.19. The van der Waals surface area contributed by atoms with Gasteiger partial charge in [0.1, 0.15) is 0 Å². The molecule has 0 saturated carbocycles. The van der Waals surface area contributed by atoms with E-state index in [2.05, 4.69) is 21.2 Å². The Kier molecular flexibility index (Phi) is 5.31. The second-order valence-electron chi connectivity index (χ2n) is 4.61. The second-order valence-corrected chi connectivity index (χ2v) is 5.53. The van der Waals surface area contributed by atoms with E-state index in [1.165, 1.54) is 18.2 Å². The minimum atomic E-state index is -0.547. The molecule has 21 heavy (non-hydrogen) atoms. The first-order valence-corrected chi connectivity index (χ1v) is 7.47. The number of hydrogen-bond donors (Lipinski definition) is 1. The Balaban J connectivity index is 2.38. The fourth-order valence-electron chi connectivity index (χ4n) is 2.06. The van der Waals surface area contributed by atoms with Crippen LogP contribution < -0.4 is 10.1 Å². The van der Waals surface area contributed by atoms with Crippen LogP contribution in [0.5, 0.6) is 11.5 Å². The highest BCUT2D eigenvalue weighted by Gasteiger charge is 2.17. The molecule has 0 amide bonds. The van der Waals surface area contributed by atoms with Gasteiger partial charge in [-0.3, -0.25) is 0 Å². The molecular weight excluding hydrogens is 340 g/mol. The van der Waals surface area contributed by atoms with Crippen LogP contribution in [0.25, 0.3) is 0 Å². The number of para-hydroxylation sites is 1. The van der Waals surface area contributed by atoms with Crippen molar-refractivity contribution in [1.82, 2.24) is 5.32 Å². The SMILES string of the molecule is CCNC(C)c1cccc(F)c1Oc1ccc(Br)cc1F. The van der Waals surface area contributed by atoms with Crippen LogP contribution in [0, 0.1) is 11.6 Å². The van der Waals surface area contributed by atoms with Crippen molar-refractivity contribution in [3.05, 3.63) is 58.1 Å². The van der Waals surface area contributed by atoms with E-state index in [9.17, 15) is 8.78 Å². The lowest BCUT2D eigenvalue weighted by Gasteiger charge is -2.18. The molecule has 0 fully saturated rings. The van der Waals surface area contributed by atoms with E-state index in [1.54, 1.807) is 18.2 Å². The zero-order valence-electron chi connectivity index (χ0n) is 11.8. The maximum atomic E-state index is 14.1. The first kappa shape index (κ1) is 15.9. The summed E-state index contributed by atoms with van der Waals surface area (Å²) in [4.78, 5) is 0. The molecule has 2 aromatic rings. The van der Waals surface area contributed by atoms with Crippen LogP contribution >= 0.6 is 15.9 Å². The van der Waals surface area contributed by atoms with E-state index >= 15 is 0 Å². The lowest BCUT2D eigenvalue weighted by Crippen LogP contribution is -2.18. The second kappa shape index (κ2) is 7.00. The monoisotopic (exact) mass is 355 g/mol. The third-order valence-electron chi connectivity index (χ3n) is 3.08. The Bertz CT molecular complexity index is 634. The predicted molar refractivity (Wildman–Crippen MR) is 82.7 cm³/mol. The van der Waals surface area contributed by atoms with Crippen molar-refractivity contribution < 1.29 is 13.5 Å². The van der Waals surface area contributed by atoms with Gasteiger partial charge in [0.2, 0.25) is 0 Å². The van der Waals surface area contributed by atoms with Crippen molar-refractivity contribution in [1.29, 1.82) is 0 Å². The number of halogens is 3. The van der Waals surface area contributed by atoms with Gasteiger partial charge in [0, 0.05) is 16.1 Å². The molecule has 0 bridgehead atoms. The summed E-state index contributed by atoms with van der Waals surface area (Å²) >= 11 is 3.17. The number of hydrogen-bond acceptors (Lipinski definition) is 2. The molecule has 0 saturated heterocycles. The Hall–Kier alpha value is -1.46. The molecule has 112 valence electrons. The Labute approximate surface area is 131 Å². The Morgan fingerprint density at radius 1 is 1.19 bits per heavy atom. The molecule has 0 aromatic heterocycles. The lowest BCUT2D eigenvalue weighted by atomic mass is 10.1. The van der Waals surface area contributed by atoms with Crippen molar-refractivity contribution in [2.24, 2.45) is 0 Å². The summed E-state index contributed by atoms with van der Waals surface area (Å²) < 4.78 is 34.0. The van der Waals surface area contributed by atoms with Gasteiger partial charge < -0.3 is 10.1 Å². The molecule has 5 heteroatoms. The lowest BCUT2D eigenvalue weighted by molar-refractivity contribution is 0.402. The largest absolute Gasteiger partial charge is 0.451 e. The van der Waals surface area contributed by atoms with E-state index in [1.807, 2.05) is 13.8 Å². The molecule has 2 aromatic carbocycles. The summed E-state index contributed by atoms with van der Waals surface area (Å²) in [5.41, 5.74) is 0.652. The van der Waals surface area contributed by atoms with Crippen LogP contribution in [0.4, 0.5) is 8.78 Å². The van der Waals surface area contributed by atoms with E-state index < -0.39 is 11.6 Å². The van der Waals surface area contributed by atoms with Crippen LogP contribution in [0.2, 0.25) is 0 Å². The molecular formula is C16H16BrF2NO. The van der Waals surface area contributed by atoms with Crippen molar-refractivity contribution in [3.63, 3.8) is 0 Å². The van der Waals surface area contributed by atoms with Crippen molar-refractivity contribution >= 4 is 15.9 Å². The van der Waals surface area contributed by atoms with Crippen LogP contribution in [-0.4, -0.2) is 6.54 Å². The zero-order valence-corrected chi connectivity index (χ0v) is 13.4. The Morgan fingerprint density at radius 2 is 1.95 bits per heavy atom. The molecule has 0 spiro atoms. The van der Waals surface area contributed by atoms with Crippen molar-refractivity contribution in [2.75, 3.05) is 6.54 Å². The fraction of sp³-hybridized carbons (Fsp3) is 0.250. The molecule has 0 aliphatic carbocycles. The smallest absolute Gasteiger partial charge is 0.167 e. The van der Waals surface area contributed by atoms with Gasteiger partial charge in [0.15, 0.2) is 23.1 Å². The maximum Gasteiger partial charge on any atom is 0.167 e. The quantitative estimate of drug-likeness (QED) is 0.796. The maximum absolute atomic E-state index is 14.1. The van der Waals surface area contributed by atoms with E-state index in [0.717, 1.165) is 6.54 Å². The summed E-state index contributed by atoms with van der Waals surface area (Å²) in [6.07, 6.45) is 0. The van der Waals surface area contributed by atoms with E-state index in [0.29, 0.717) is 10.0 Å². The van der Waals surface area contributed by atoms with Crippen LogP contribution in [0.15, 0.2) is 40.9 Å². The number of ether oxygens (including phenoxy) is 1. The molecule has 2 nitrogen and oxygen atoms in total. The number of benzene rings is 2. The van der Waals surface area contributed by atoms with Crippen molar-refractivity contribution in [2.45, 2.75) is 19.9 Å². The molecule has 2 rings (SSSR count). The standard InChI is InChI=1S/C16H16BrF2NO/c1-3-20-10(2)12-5-4-6-13(18)16(12)21-15-8-7-11(17)9-14(15)19/h4-10,20H,3H2,1-2H3. The third kappa shape index (κ3) is 3.80. The summed E-state index contributed by atoms with van der Waals surface area (Å²) in [6.45, 7) is 4.61. The summed E-state index contributed by atoms with van der Waals surface area (Å²) in [6, 6.07) is 8.98. The fourth-order valence-corrected chi connectivity index (χ4v) is 2.39. The zero-order chi connectivity index (χ0) is 15.4. The number of nitrogens with one attached hydrogen (secondary N) is 1. The average molecular weight is 356 g/mol. The highest BCUT2D eigenvalue weighted by molar-refractivity contribution is 9.10. The van der Waals surface area contributed by atoms with Gasteiger partial charge in [-0.25, -0.2) is 8.78 Å². The summed E-state index contributed by atoms with van der Waals surface area (Å²) in [5.74, 6) is -1.02. The molecule has 0 heterocycles. The highest BCUT2D eigenvalue weighted by Crippen LogP contribution is 2.34. The summed E-state index contributed by atoms with van der Waals surface area (Å²) in [7, 11) is 0.